The molecule has 1 aliphatic rings. The van der Waals surface area contributed by atoms with Crippen molar-refractivity contribution in [2.45, 2.75) is 6.42 Å². The Bertz CT molecular complexity index is 917. The Morgan fingerprint density at radius 2 is 1.83 bits per heavy atom. The van der Waals surface area contributed by atoms with E-state index < -0.39 is 0 Å². The van der Waals surface area contributed by atoms with E-state index in [2.05, 4.69) is 26.2 Å². The molecule has 0 saturated carbocycles. The second kappa shape index (κ2) is 5.87. The van der Waals surface area contributed by atoms with Gasteiger partial charge < -0.3 is 4.90 Å². The third-order valence-electron chi connectivity index (χ3n) is 4.27. The van der Waals surface area contributed by atoms with Crippen molar-refractivity contribution in [3.63, 3.8) is 0 Å². The number of hydrogen-bond acceptors (Lipinski definition) is 3. The number of benzene rings is 2. The number of hydrogen-bond donors (Lipinski definition) is 0. The molecule has 0 fully saturated rings. The van der Waals surface area contributed by atoms with Crippen molar-refractivity contribution in [1.82, 2.24) is 19.9 Å². The average Bonchev–Trinajstić information content (AvgIpc) is 3.02. The minimum atomic E-state index is 0.0111. The summed E-state index contributed by atoms with van der Waals surface area (Å²) in [6.07, 6.45) is 0.703. The van der Waals surface area contributed by atoms with E-state index in [4.69, 9.17) is 0 Å². The third-order valence-corrected chi connectivity index (χ3v) is 4.80. The van der Waals surface area contributed by atoms with Gasteiger partial charge in [-0.15, -0.1) is 5.10 Å². The molecular weight excluding hydrogens is 368 g/mol. The first-order chi connectivity index (χ1) is 11.6. The number of halogens is 1. The quantitative estimate of drug-likeness (QED) is 0.648. The van der Waals surface area contributed by atoms with Gasteiger partial charge >= 0.3 is 0 Å². The van der Waals surface area contributed by atoms with Gasteiger partial charge in [-0.1, -0.05) is 45.4 Å². The second-order valence-corrected chi connectivity index (χ2v) is 6.71. The molecule has 1 aliphatic heterocycles. The first-order valence-electron chi connectivity index (χ1n) is 7.70. The molecule has 5 nitrogen and oxygen atoms in total. The van der Waals surface area contributed by atoms with Crippen molar-refractivity contribution in [3.8, 4) is 16.9 Å². The Labute approximate surface area is 148 Å². The van der Waals surface area contributed by atoms with Crippen LogP contribution >= 0.6 is 15.9 Å². The summed E-state index contributed by atoms with van der Waals surface area (Å²) in [4.78, 5) is 14.3. The number of rotatable bonds is 1. The van der Waals surface area contributed by atoms with Crippen LogP contribution in [0.4, 0.5) is 0 Å². The van der Waals surface area contributed by atoms with E-state index in [9.17, 15) is 4.79 Å². The van der Waals surface area contributed by atoms with Crippen LogP contribution in [-0.2, 0) is 6.42 Å². The predicted molar refractivity (Wildman–Crippen MR) is 95.2 cm³/mol. The molecule has 0 bridgehead atoms. The Morgan fingerprint density at radius 1 is 1.08 bits per heavy atom. The van der Waals surface area contributed by atoms with E-state index in [1.807, 2.05) is 55.6 Å². The fourth-order valence-electron chi connectivity index (χ4n) is 2.97. The molecule has 120 valence electrons. The lowest BCUT2D eigenvalue weighted by molar-refractivity contribution is 0.0793. The maximum atomic E-state index is 12.6. The van der Waals surface area contributed by atoms with Crippen LogP contribution in [0.5, 0.6) is 0 Å². The van der Waals surface area contributed by atoms with Crippen molar-refractivity contribution < 1.29 is 4.79 Å². The average molecular weight is 383 g/mol. The molecule has 4 rings (SSSR count). The molecule has 6 heteroatoms. The van der Waals surface area contributed by atoms with Crippen LogP contribution in [0.2, 0.25) is 0 Å². The van der Waals surface area contributed by atoms with Gasteiger partial charge in [-0.2, -0.15) is 0 Å². The van der Waals surface area contributed by atoms with Crippen LogP contribution in [0.3, 0.4) is 0 Å². The SMILES string of the molecule is CN1CCc2c(-c3ccc(Br)cc3)nnn2-c2ccccc2C1=O. The maximum absolute atomic E-state index is 12.6. The minimum absolute atomic E-state index is 0.0111. The standard InChI is InChI=1S/C18H15BrN4O/c1-22-11-10-16-17(12-6-8-13(19)9-7-12)20-21-23(16)15-5-3-2-4-14(15)18(22)24/h2-9H,10-11H2,1H3. The Morgan fingerprint density at radius 3 is 2.62 bits per heavy atom. The van der Waals surface area contributed by atoms with Gasteiger partial charge in [0.25, 0.3) is 5.91 Å². The number of amides is 1. The summed E-state index contributed by atoms with van der Waals surface area (Å²) < 4.78 is 2.83. The Hall–Kier alpha value is -2.47. The Kier molecular flexibility index (Phi) is 3.69. The Balaban J connectivity index is 1.92. The maximum Gasteiger partial charge on any atom is 0.255 e. The zero-order valence-corrected chi connectivity index (χ0v) is 14.7. The minimum Gasteiger partial charge on any atom is -0.341 e. The van der Waals surface area contributed by atoms with E-state index >= 15 is 0 Å². The van der Waals surface area contributed by atoms with Gasteiger partial charge in [-0.25, -0.2) is 4.68 Å². The number of aromatic nitrogens is 3. The number of likely N-dealkylation sites (N-methyl/N-ethyl adjacent to an activating group) is 1. The summed E-state index contributed by atoms with van der Waals surface area (Å²) in [7, 11) is 1.83. The molecule has 0 radical (unpaired) electrons. The van der Waals surface area contributed by atoms with Crippen molar-refractivity contribution in [2.75, 3.05) is 13.6 Å². The fraction of sp³-hybridized carbons (Fsp3) is 0.167. The summed E-state index contributed by atoms with van der Waals surface area (Å²) in [6.45, 7) is 0.629. The highest BCUT2D eigenvalue weighted by molar-refractivity contribution is 9.10. The van der Waals surface area contributed by atoms with Crippen LogP contribution < -0.4 is 0 Å². The van der Waals surface area contributed by atoms with Gasteiger partial charge in [-0.05, 0) is 24.3 Å². The third kappa shape index (κ3) is 2.43. The molecule has 0 unspecified atom stereocenters. The molecule has 0 aliphatic carbocycles. The number of fused-ring (bicyclic) bond motifs is 3. The summed E-state index contributed by atoms with van der Waals surface area (Å²) in [5.41, 5.74) is 4.32. The normalized spacial score (nSPS) is 13.9. The molecule has 24 heavy (non-hydrogen) atoms. The largest absolute Gasteiger partial charge is 0.341 e. The van der Waals surface area contributed by atoms with Crippen molar-refractivity contribution >= 4 is 21.8 Å². The topological polar surface area (TPSA) is 51.0 Å². The van der Waals surface area contributed by atoms with Gasteiger partial charge in [0, 0.05) is 30.0 Å². The highest BCUT2D eigenvalue weighted by Crippen LogP contribution is 2.28. The summed E-state index contributed by atoms with van der Waals surface area (Å²) in [5.74, 6) is 0.0111. The lowest BCUT2D eigenvalue weighted by Gasteiger charge is -2.23. The zero-order valence-electron chi connectivity index (χ0n) is 13.1. The molecular formula is C18H15BrN4O. The van der Waals surface area contributed by atoms with Gasteiger partial charge in [0.2, 0.25) is 0 Å². The van der Waals surface area contributed by atoms with E-state index in [1.165, 1.54) is 0 Å². The molecule has 2 aromatic carbocycles. The number of nitrogens with zero attached hydrogens (tertiary/aromatic N) is 4. The molecule has 1 aromatic heterocycles. The molecule has 0 spiro atoms. The van der Waals surface area contributed by atoms with Gasteiger partial charge in [0.1, 0.15) is 5.69 Å². The smallest absolute Gasteiger partial charge is 0.255 e. The van der Waals surface area contributed by atoms with E-state index in [0.717, 1.165) is 27.1 Å². The predicted octanol–water partition coefficient (Wildman–Crippen LogP) is 3.32. The van der Waals surface area contributed by atoms with E-state index in [-0.39, 0.29) is 5.91 Å². The van der Waals surface area contributed by atoms with Gasteiger partial charge in [0.15, 0.2) is 0 Å². The van der Waals surface area contributed by atoms with Crippen LogP contribution in [0.15, 0.2) is 53.0 Å². The van der Waals surface area contributed by atoms with Crippen LogP contribution in [0.1, 0.15) is 16.1 Å². The van der Waals surface area contributed by atoms with Crippen molar-refractivity contribution in [2.24, 2.45) is 0 Å². The van der Waals surface area contributed by atoms with Crippen LogP contribution in [-0.4, -0.2) is 39.4 Å². The number of carbonyl (C=O) groups is 1. The molecule has 1 amide bonds. The molecule has 0 atom stereocenters. The van der Waals surface area contributed by atoms with Crippen LogP contribution in [0, 0.1) is 0 Å². The number of carbonyl (C=O) groups excluding carboxylic acids is 1. The molecule has 3 aromatic rings. The van der Waals surface area contributed by atoms with Gasteiger partial charge in [-0.3, -0.25) is 4.79 Å². The van der Waals surface area contributed by atoms with E-state index in [1.54, 1.807) is 9.58 Å². The second-order valence-electron chi connectivity index (χ2n) is 5.80. The molecule has 0 saturated heterocycles. The van der Waals surface area contributed by atoms with Crippen molar-refractivity contribution in [1.29, 1.82) is 0 Å². The van der Waals surface area contributed by atoms with Crippen LogP contribution in [0.25, 0.3) is 16.9 Å². The highest BCUT2D eigenvalue weighted by atomic mass is 79.9. The van der Waals surface area contributed by atoms with Crippen molar-refractivity contribution in [3.05, 3.63) is 64.3 Å². The monoisotopic (exact) mass is 382 g/mol. The zero-order chi connectivity index (χ0) is 16.7. The summed E-state index contributed by atoms with van der Waals surface area (Å²) >= 11 is 3.46. The lowest BCUT2D eigenvalue weighted by Crippen LogP contribution is -2.32. The molecule has 2 heterocycles. The lowest BCUT2D eigenvalue weighted by atomic mass is 10.1. The first kappa shape index (κ1) is 15.1. The molecule has 0 N–H and O–H groups in total. The summed E-state index contributed by atoms with van der Waals surface area (Å²) in [6, 6.07) is 15.6. The first-order valence-corrected chi connectivity index (χ1v) is 8.50. The highest BCUT2D eigenvalue weighted by Gasteiger charge is 2.25. The number of para-hydroxylation sites is 1. The fourth-order valence-corrected chi connectivity index (χ4v) is 3.24. The van der Waals surface area contributed by atoms with E-state index in [0.29, 0.717) is 18.5 Å². The summed E-state index contributed by atoms with van der Waals surface area (Å²) in [5, 5.41) is 8.74. The van der Waals surface area contributed by atoms with Gasteiger partial charge in [0.05, 0.1) is 16.9 Å².